The van der Waals surface area contributed by atoms with Crippen LogP contribution in [0.15, 0.2) is 0 Å². The van der Waals surface area contributed by atoms with Gasteiger partial charge in [0.15, 0.2) is 16.6 Å². The van der Waals surface area contributed by atoms with Crippen LogP contribution >= 0.6 is 34.5 Å². The molecular formula is C23H28Cl2N6O5S. The number of nitrogens with zero attached hydrogens (tertiary/aromatic N) is 4. The fourth-order valence-electron chi connectivity index (χ4n) is 4.15. The number of aromatic nitrogens is 4. The topological polar surface area (TPSA) is 124 Å². The van der Waals surface area contributed by atoms with Gasteiger partial charge in [0.25, 0.3) is 5.91 Å². The normalized spacial score (nSPS) is 17.7. The number of imidazole rings is 1. The lowest BCUT2D eigenvalue weighted by molar-refractivity contribution is 0.0540. The van der Waals surface area contributed by atoms with E-state index in [1.165, 1.54) is 18.4 Å². The third-order valence-corrected chi connectivity index (χ3v) is 8.43. The molecule has 2 atom stereocenters. The first-order chi connectivity index (χ1) is 17.5. The van der Waals surface area contributed by atoms with E-state index in [2.05, 4.69) is 15.3 Å². The minimum atomic E-state index is -0.839. The van der Waals surface area contributed by atoms with E-state index in [1.807, 2.05) is 30.4 Å². The summed E-state index contributed by atoms with van der Waals surface area (Å²) >= 11 is 13.6. The number of methoxy groups -OCH3 is 2. The fourth-order valence-corrected chi connectivity index (χ4v) is 5.51. The van der Waals surface area contributed by atoms with Gasteiger partial charge >= 0.3 is 6.16 Å². The molecule has 0 unspecified atom stereocenters. The van der Waals surface area contributed by atoms with Crippen molar-refractivity contribution >= 4 is 51.7 Å². The van der Waals surface area contributed by atoms with E-state index in [0.717, 1.165) is 11.4 Å². The maximum absolute atomic E-state index is 12.9. The Bertz CT molecular complexity index is 1340. The number of H-pyrrole nitrogens is 1. The third-order valence-electron chi connectivity index (χ3n) is 6.49. The van der Waals surface area contributed by atoms with E-state index >= 15 is 0 Å². The van der Waals surface area contributed by atoms with E-state index < -0.39 is 6.16 Å². The molecule has 1 aliphatic rings. The van der Waals surface area contributed by atoms with Crippen LogP contribution in [0.1, 0.15) is 34.0 Å². The zero-order valence-corrected chi connectivity index (χ0v) is 23.6. The highest BCUT2D eigenvalue weighted by atomic mass is 35.5. The van der Waals surface area contributed by atoms with Crippen LogP contribution in [0.2, 0.25) is 10.0 Å². The molecule has 0 radical (unpaired) electrons. The van der Waals surface area contributed by atoms with Gasteiger partial charge in [0.2, 0.25) is 5.06 Å². The monoisotopic (exact) mass is 570 g/mol. The Morgan fingerprint density at radius 1 is 1.16 bits per heavy atom. The zero-order chi connectivity index (χ0) is 27.0. The fraction of sp³-hybridized carbons (Fsp3) is 0.478. The van der Waals surface area contributed by atoms with Crippen LogP contribution in [0.3, 0.4) is 0 Å². The van der Waals surface area contributed by atoms with E-state index in [4.69, 9.17) is 42.4 Å². The summed E-state index contributed by atoms with van der Waals surface area (Å²) in [6.45, 7) is 6.63. The summed E-state index contributed by atoms with van der Waals surface area (Å²) in [6, 6.07) is -0.266. The van der Waals surface area contributed by atoms with Crippen LogP contribution in [0.5, 0.6) is 5.06 Å². The van der Waals surface area contributed by atoms with E-state index in [9.17, 15) is 9.59 Å². The predicted octanol–water partition coefficient (Wildman–Crippen LogP) is 4.27. The number of hydrogen-bond donors (Lipinski definition) is 2. The van der Waals surface area contributed by atoms with E-state index in [0.29, 0.717) is 46.9 Å². The van der Waals surface area contributed by atoms with E-state index in [1.54, 1.807) is 14.0 Å². The van der Waals surface area contributed by atoms with Crippen molar-refractivity contribution in [2.75, 3.05) is 32.2 Å². The Morgan fingerprint density at radius 2 is 1.89 bits per heavy atom. The number of hydrogen-bond acceptors (Lipinski definition) is 9. The molecule has 14 heteroatoms. The molecule has 1 fully saturated rings. The third kappa shape index (κ3) is 5.28. The van der Waals surface area contributed by atoms with Crippen molar-refractivity contribution in [2.45, 2.75) is 39.3 Å². The number of carbonyl (C=O) groups excluding carboxylic acids is 2. The summed E-state index contributed by atoms with van der Waals surface area (Å²) in [5, 5.41) is 4.44. The molecule has 11 nitrogen and oxygen atoms in total. The number of nitrogens with one attached hydrogen (secondary N) is 2. The van der Waals surface area contributed by atoms with Crippen molar-refractivity contribution in [3.63, 3.8) is 0 Å². The first kappa shape index (κ1) is 27.2. The van der Waals surface area contributed by atoms with Crippen LogP contribution in [0, 0.1) is 20.8 Å². The van der Waals surface area contributed by atoms with Gasteiger partial charge in [-0.25, -0.2) is 14.8 Å². The molecule has 0 saturated carbocycles. The molecule has 1 amide bonds. The summed E-state index contributed by atoms with van der Waals surface area (Å²) < 4.78 is 17.7. The number of anilines is 1. The molecule has 0 bridgehead atoms. The number of carbonyl (C=O) groups is 2. The van der Waals surface area contributed by atoms with Gasteiger partial charge in [0, 0.05) is 38.6 Å². The lowest BCUT2D eigenvalue weighted by atomic mass is 10.0. The summed E-state index contributed by atoms with van der Waals surface area (Å²) in [6.07, 6.45) is -0.593. The molecule has 200 valence electrons. The number of amides is 1. The second-order valence-electron chi connectivity index (χ2n) is 8.70. The molecule has 3 aromatic rings. The Hall–Kier alpha value is -2.80. The van der Waals surface area contributed by atoms with Crippen LogP contribution in [-0.4, -0.2) is 71.0 Å². The summed E-state index contributed by atoms with van der Waals surface area (Å²) in [5.74, 6) is 0.227. The van der Waals surface area contributed by atoms with Crippen LogP contribution in [-0.2, 0) is 16.5 Å². The highest BCUT2D eigenvalue weighted by molar-refractivity contribution is 7.18. The van der Waals surface area contributed by atoms with Crippen LogP contribution in [0.25, 0.3) is 11.5 Å². The van der Waals surface area contributed by atoms with Gasteiger partial charge in [-0.15, -0.1) is 0 Å². The standard InChI is InChI=1S/C23H28Cl2N6O5S/c1-10-12(3)30(4)19(27-10)18-21(36-23(33)35-6)37-22(29-18)31-8-7-13(14(9-31)34-5)28-20(32)17-16(25)15(24)11(2)26-17/h13-14,26H,7-9H2,1-6H3,(H,28,32)/t13-,14+/m1/s1. The van der Waals surface area contributed by atoms with Gasteiger partial charge in [-0.2, -0.15) is 0 Å². The lowest BCUT2D eigenvalue weighted by Gasteiger charge is -2.37. The number of aryl methyl sites for hydroxylation is 2. The molecule has 37 heavy (non-hydrogen) atoms. The Balaban J connectivity index is 1.56. The molecular weight excluding hydrogens is 543 g/mol. The minimum absolute atomic E-state index is 0.191. The average Bonchev–Trinajstić information content (AvgIpc) is 3.50. The largest absolute Gasteiger partial charge is 0.514 e. The van der Waals surface area contributed by atoms with Crippen molar-refractivity contribution in [2.24, 2.45) is 7.05 Å². The van der Waals surface area contributed by atoms with Gasteiger partial charge in [0.1, 0.15) is 5.69 Å². The maximum atomic E-state index is 12.9. The van der Waals surface area contributed by atoms with Crippen LogP contribution < -0.4 is 15.0 Å². The van der Waals surface area contributed by atoms with Gasteiger partial charge in [-0.05, 0) is 27.2 Å². The minimum Gasteiger partial charge on any atom is -0.437 e. The second-order valence-corrected chi connectivity index (χ2v) is 10.4. The van der Waals surface area contributed by atoms with Crippen LogP contribution in [0.4, 0.5) is 9.93 Å². The molecule has 0 aliphatic carbocycles. The highest BCUT2D eigenvalue weighted by Crippen LogP contribution is 2.40. The maximum Gasteiger partial charge on any atom is 0.514 e. The van der Waals surface area contributed by atoms with Crippen molar-refractivity contribution in [3.8, 4) is 16.6 Å². The number of piperidine rings is 1. The highest BCUT2D eigenvalue weighted by Gasteiger charge is 2.34. The molecule has 1 aliphatic heterocycles. The Labute approximate surface area is 228 Å². The molecule has 4 rings (SSSR count). The first-order valence-corrected chi connectivity index (χ1v) is 13.0. The number of rotatable bonds is 6. The molecule has 4 heterocycles. The number of ether oxygens (including phenoxy) is 3. The predicted molar refractivity (Wildman–Crippen MR) is 141 cm³/mol. The van der Waals surface area contributed by atoms with Crippen molar-refractivity contribution < 1.29 is 23.8 Å². The second kappa shape index (κ2) is 10.9. The van der Waals surface area contributed by atoms with Gasteiger partial charge in [-0.3, -0.25) is 4.79 Å². The smallest absolute Gasteiger partial charge is 0.437 e. The molecule has 0 aromatic carbocycles. The quantitative estimate of drug-likeness (QED) is 0.421. The SMILES string of the molecule is COC(=O)Oc1sc(N2CC[C@@H](NC(=O)c3[nH]c(C)c(Cl)c3Cl)[C@@H](OC)C2)nc1-c1nc(C)c(C)n1C. The van der Waals surface area contributed by atoms with Crippen molar-refractivity contribution in [1.82, 2.24) is 24.8 Å². The van der Waals surface area contributed by atoms with Gasteiger partial charge in [0.05, 0.1) is 35.0 Å². The molecule has 2 N–H and O–H groups in total. The Morgan fingerprint density at radius 3 is 2.46 bits per heavy atom. The summed E-state index contributed by atoms with van der Waals surface area (Å²) in [4.78, 5) is 39.2. The number of halogens is 2. The molecule has 1 saturated heterocycles. The van der Waals surface area contributed by atoms with Gasteiger partial charge in [-0.1, -0.05) is 34.5 Å². The molecule has 0 spiro atoms. The lowest BCUT2D eigenvalue weighted by Crippen LogP contribution is -2.55. The van der Waals surface area contributed by atoms with Crippen molar-refractivity contribution in [1.29, 1.82) is 0 Å². The first-order valence-electron chi connectivity index (χ1n) is 11.4. The number of aromatic amines is 1. The van der Waals surface area contributed by atoms with Crippen molar-refractivity contribution in [3.05, 3.63) is 32.8 Å². The zero-order valence-electron chi connectivity index (χ0n) is 21.3. The average molecular weight is 571 g/mol. The molecule has 3 aromatic heterocycles. The summed E-state index contributed by atoms with van der Waals surface area (Å²) in [5.41, 5.74) is 3.12. The number of thiazole rings is 1. The summed E-state index contributed by atoms with van der Waals surface area (Å²) in [7, 11) is 4.72. The van der Waals surface area contributed by atoms with Gasteiger partial charge < -0.3 is 34.0 Å². The van der Waals surface area contributed by atoms with E-state index in [-0.39, 0.29) is 33.8 Å². The Kier molecular flexibility index (Phi) is 8.02.